The zero-order chi connectivity index (χ0) is 16.9. The molecule has 2 aromatic carbocycles. The van der Waals surface area contributed by atoms with Gasteiger partial charge in [0.05, 0.1) is 16.7 Å². The van der Waals surface area contributed by atoms with Crippen LogP contribution in [0.15, 0.2) is 72.9 Å². The number of hydrogen-bond donors (Lipinski definition) is 2. The van der Waals surface area contributed by atoms with Gasteiger partial charge in [-0.05, 0) is 42.0 Å². The summed E-state index contributed by atoms with van der Waals surface area (Å²) in [6, 6.07) is 21.8. The second kappa shape index (κ2) is 7.05. The maximum atomic E-state index is 5.75. The number of H-pyrrole nitrogens is 1. The Balaban J connectivity index is 1.34. The Kier molecular flexibility index (Phi) is 4.29. The van der Waals surface area contributed by atoms with E-state index in [-0.39, 0.29) is 0 Å². The van der Waals surface area contributed by atoms with Crippen LogP contribution in [0.5, 0.6) is 5.75 Å². The third-order valence-corrected chi connectivity index (χ3v) is 3.89. The van der Waals surface area contributed by atoms with Crippen molar-refractivity contribution < 1.29 is 4.74 Å². The fourth-order valence-corrected chi connectivity index (χ4v) is 2.57. The molecule has 0 aliphatic heterocycles. The number of nitrogens with zero attached hydrogens (tertiary/aromatic N) is 2. The Hall–Kier alpha value is -3.34. The van der Waals surface area contributed by atoms with Crippen LogP contribution in [0.2, 0.25) is 0 Å². The fraction of sp³-hybridized carbons (Fsp3) is 0.100. The van der Waals surface area contributed by atoms with Crippen molar-refractivity contribution in [2.45, 2.75) is 13.2 Å². The summed E-state index contributed by atoms with van der Waals surface area (Å²) in [6.07, 6.45) is 1.77. The van der Waals surface area contributed by atoms with Gasteiger partial charge >= 0.3 is 0 Å². The molecule has 0 bridgehead atoms. The first-order valence-corrected chi connectivity index (χ1v) is 8.17. The van der Waals surface area contributed by atoms with E-state index >= 15 is 0 Å². The van der Waals surface area contributed by atoms with Gasteiger partial charge in [0.15, 0.2) is 0 Å². The number of ether oxygens (including phenoxy) is 1. The molecule has 4 rings (SSSR count). The Labute approximate surface area is 145 Å². The maximum Gasteiger partial charge on any atom is 0.201 e. The first kappa shape index (κ1) is 15.2. The van der Waals surface area contributed by atoms with Gasteiger partial charge in [0.25, 0.3) is 0 Å². The van der Waals surface area contributed by atoms with Crippen molar-refractivity contribution in [2.24, 2.45) is 0 Å². The number of rotatable bonds is 6. The minimum Gasteiger partial charge on any atom is -0.487 e. The predicted molar refractivity (Wildman–Crippen MR) is 98.4 cm³/mol. The van der Waals surface area contributed by atoms with E-state index in [1.807, 2.05) is 66.7 Å². The number of nitrogens with one attached hydrogen (secondary N) is 2. The number of fused-ring (bicyclic) bond motifs is 1. The molecule has 2 heterocycles. The Bertz CT molecular complexity index is 915. The van der Waals surface area contributed by atoms with E-state index in [2.05, 4.69) is 20.3 Å². The monoisotopic (exact) mass is 330 g/mol. The molecule has 25 heavy (non-hydrogen) atoms. The van der Waals surface area contributed by atoms with Gasteiger partial charge in [-0.1, -0.05) is 30.3 Å². The Morgan fingerprint density at radius 1 is 0.920 bits per heavy atom. The smallest absolute Gasteiger partial charge is 0.201 e. The van der Waals surface area contributed by atoms with Gasteiger partial charge in [-0.25, -0.2) is 4.98 Å². The summed E-state index contributed by atoms with van der Waals surface area (Å²) in [5.41, 5.74) is 4.07. The van der Waals surface area contributed by atoms with Crippen LogP contribution in [0.4, 0.5) is 5.95 Å². The van der Waals surface area contributed by atoms with Crippen molar-refractivity contribution >= 4 is 17.0 Å². The molecule has 0 aliphatic rings. The Morgan fingerprint density at radius 3 is 2.56 bits per heavy atom. The molecule has 0 radical (unpaired) electrons. The largest absolute Gasteiger partial charge is 0.487 e. The normalized spacial score (nSPS) is 10.7. The van der Waals surface area contributed by atoms with Crippen LogP contribution in [0, 0.1) is 0 Å². The third kappa shape index (κ3) is 3.77. The summed E-state index contributed by atoms with van der Waals surface area (Å²) in [6.45, 7) is 1.16. The van der Waals surface area contributed by atoms with Gasteiger partial charge in [-0.3, -0.25) is 4.98 Å². The summed E-state index contributed by atoms with van der Waals surface area (Å²) in [4.78, 5) is 12.0. The number of para-hydroxylation sites is 2. The lowest BCUT2D eigenvalue weighted by atomic mass is 10.2. The molecule has 2 N–H and O–H groups in total. The molecule has 0 fully saturated rings. The van der Waals surface area contributed by atoms with E-state index in [4.69, 9.17) is 4.74 Å². The number of benzene rings is 2. The van der Waals surface area contributed by atoms with Crippen LogP contribution < -0.4 is 10.1 Å². The van der Waals surface area contributed by atoms with E-state index in [1.165, 1.54) is 0 Å². The SMILES string of the molecule is c1ccc(COc2ccc(CNc3nc4ccccc4[nH]3)cc2)nc1. The highest BCUT2D eigenvalue weighted by Gasteiger charge is 2.02. The molecule has 0 unspecified atom stereocenters. The molecule has 5 nitrogen and oxygen atoms in total. The molecular formula is C20H18N4O. The van der Waals surface area contributed by atoms with Crippen molar-refractivity contribution in [2.75, 3.05) is 5.32 Å². The number of pyridine rings is 1. The molecule has 0 aliphatic carbocycles. The molecule has 4 aromatic rings. The van der Waals surface area contributed by atoms with E-state index in [1.54, 1.807) is 6.20 Å². The molecule has 5 heteroatoms. The fourth-order valence-electron chi connectivity index (χ4n) is 2.57. The summed E-state index contributed by atoms with van der Waals surface area (Å²) >= 11 is 0. The van der Waals surface area contributed by atoms with Crippen molar-refractivity contribution in [3.05, 3.63) is 84.2 Å². The van der Waals surface area contributed by atoms with Gasteiger partial charge in [0, 0.05) is 12.7 Å². The van der Waals surface area contributed by atoms with Crippen LogP contribution in [0.3, 0.4) is 0 Å². The Morgan fingerprint density at radius 2 is 1.76 bits per heavy atom. The van der Waals surface area contributed by atoms with Crippen LogP contribution in [0.25, 0.3) is 11.0 Å². The highest BCUT2D eigenvalue weighted by molar-refractivity contribution is 5.77. The molecule has 2 aromatic heterocycles. The molecule has 0 saturated carbocycles. The van der Waals surface area contributed by atoms with Crippen LogP contribution >= 0.6 is 0 Å². The van der Waals surface area contributed by atoms with Crippen LogP contribution in [0.1, 0.15) is 11.3 Å². The van der Waals surface area contributed by atoms with E-state index < -0.39 is 0 Å². The summed E-state index contributed by atoms with van der Waals surface area (Å²) in [7, 11) is 0. The minimum absolute atomic E-state index is 0.470. The van der Waals surface area contributed by atoms with E-state index in [0.29, 0.717) is 13.2 Å². The van der Waals surface area contributed by atoms with E-state index in [0.717, 1.165) is 34.0 Å². The quantitative estimate of drug-likeness (QED) is 0.557. The van der Waals surface area contributed by atoms with Gasteiger partial charge in [0.1, 0.15) is 12.4 Å². The topological polar surface area (TPSA) is 62.8 Å². The van der Waals surface area contributed by atoms with Gasteiger partial charge in [0.2, 0.25) is 5.95 Å². The lowest BCUT2D eigenvalue weighted by molar-refractivity contribution is 0.301. The average molecular weight is 330 g/mol. The van der Waals surface area contributed by atoms with Crippen LogP contribution in [-0.4, -0.2) is 15.0 Å². The number of aromatic nitrogens is 3. The molecule has 0 amide bonds. The third-order valence-electron chi connectivity index (χ3n) is 3.89. The lowest BCUT2D eigenvalue weighted by Crippen LogP contribution is -2.01. The average Bonchev–Trinajstić information content (AvgIpc) is 3.09. The highest BCUT2D eigenvalue weighted by atomic mass is 16.5. The number of imidazole rings is 1. The number of anilines is 1. The second-order valence-corrected chi connectivity index (χ2v) is 5.71. The molecule has 0 saturated heterocycles. The second-order valence-electron chi connectivity index (χ2n) is 5.71. The molecular weight excluding hydrogens is 312 g/mol. The minimum atomic E-state index is 0.470. The van der Waals surface area contributed by atoms with Crippen LogP contribution in [-0.2, 0) is 13.2 Å². The van der Waals surface area contributed by atoms with Crippen molar-refractivity contribution in [1.82, 2.24) is 15.0 Å². The summed E-state index contributed by atoms with van der Waals surface area (Å²) in [5, 5.41) is 3.31. The summed E-state index contributed by atoms with van der Waals surface area (Å²) < 4.78 is 5.75. The molecule has 0 atom stereocenters. The van der Waals surface area contributed by atoms with Crippen molar-refractivity contribution in [1.29, 1.82) is 0 Å². The zero-order valence-corrected chi connectivity index (χ0v) is 13.6. The van der Waals surface area contributed by atoms with Crippen molar-refractivity contribution in [3.63, 3.8) is 0 Å². The summed E-state index contributed by atoms with van der Waals surface area (Å²) in [5.74, 6) is 1.61. The lowest BCUT2D eigenvalue weighted by Gasteiger charge is -2.07. The van der Waals surface area contributed by atoms with E-state index in [9.17, 15) is 0 Å². The molecule has 124 valence electrons. The van der Waals surface area contributed by atoms with Crippen molar-refractivity contribution in [3.8, 4) is 5.75 Å². The predicted octanol–water partition coefficient (Wildman–Crippen LogP) is 4.15. The first-order valence-electron chi connectivity index (χ1n) is 8.17. The zero-order valence-electron chi connectivity index (χ0n) is 13.6. The maximum absolute atomic E-state index is 5.75. The van der Waals surface area contributed by atoms with Gasteiger partial charge in [-0.2, -0.15) is 0 Å². The number of aromatic amines is 1. The standard InChI is InChI=1S/C20H18N4O/c1-2-7-19-18(6-1)23-20(24-19)22-13-15-8-10-17(11-9-15)25-14-16-5-3-4-12-21-16/h1-12H,13-14H2,(H2,22,23,24). The highest BCUT2D eigenvalue weighted by Crippen LogP contribution is 2.16. The van der Waals surface area contributed by atoms with Gasteiger partial charge in [-0.15, -0.1) is 0 Å². The van der Waals surface area contributed by atoms with Gasteiger partial charge < -0.3 is 15.0 Å². The molecule has 0 spiro atoms. The number of hydrogen-bond acceptors (Lipinski definition) is 4. The first-order chi connectivity index (χ1) is 12.4.